The molecule has 0 spiro atoms. The predicted molar refractivity (Wildman–Crippen MR) is 40.3 cm³/mol. The molecule has 1 amide bonds. The zero-order valence-corrected chi connectivity index (χ0v) is 6.26. The summed E-state index contributed by atoms with van der Waals surface area (Å²) in [6, 6.07) is -0.141. The molecule has 0 radical (unpaired) electrons. The van der Waals surface area contributed by atoms with Gasteiger partial charge >= 0.3 is 0 Å². The van der Waals surface area contributed by atoms with E-state index in [4.69, 9.17) is 11.5 Å². The van der Waals surface area contributed by atoms with Gasteiger partial charge in [0.2, 0.25) is 5.91 Å². The molecule has 0 aromatic rings. The molecular weight excluding hydrogens is 130 g/mol. The second-order valence-corrected chi connectivity index (χ2v) is 2.24. The molecule has 4 nitrogen and oxygen atoms in total. The molecule has 0 aliphatic heterocycles. The van der Waals surface area contributed by atoms with E-state index in [1.165, 1.54) is 0 Å². The van der Waals surface area contributed by atoms with Crippen molar-refractivity contribution in [3.63, 3.8) is 0 Å². The predicted octanol–water partition coefficient (Wildman–Crippen LogP) is -1.20. The van der Waals surface area contributed by atoms with Gasteiger partial charge in [0, 0.05) is 19.0 Å². The monoisotopic (exact) mass is 145 g/mol. The summed E-state index contributed by atoms with van der Waals surface area (Å²) in [4.78, 5) is 10.3. The topological polar surface area (TPSA) is 81.1 Å². The zero-order valence-electron chi connectivity index (χ0n) is 6.26. The summed E-state index contributed by atoms with van der Waals surface area (Å²) in [5.74, 6) is -0.342. The summed E-state index contributed by atoms with van der Waals surface area (Å²) in [6.45, 7) is 3.50. The van der Waals surface area contributed by atoms with Gasteiger partial charge in [0.15, 0.2) is 0 Å². The zero-order chi connectivity index (χ0) is 7.98. The van der Waals surface area contributed by atoms with E-state index in [0.29, 0.717) is 6.54 Å². The van der Waals surface area contributed by atoms with Crippen LogP contribution in [0.5, 0.6) is 0 Å². The van der Waals surface area contributed by atoms with Crippen LogP contribution >= 0.6 is 0 Å². The summed E-state index contributed by atoms with van der Waals surface area (Å²) >= 11 is 0. The van der Waals surface area contributed by atoms with E-state index < -0.39 is 0 Å². The van der Waals surface area contributed by atoms with Gasteiger partial charge in [0.25, 0.3) is 0 Å². The Morgan fingerprint density at radius 2 is 2.30 bits per heavy atom. The SMILES string of the molecule is CCNCC(N)CC(N)=O. The number of hydrogen-bond donors (Lipinski definition) is 3. The number of carbonyl (C=O) groups excluding carboxylic acids is 1. The van der Waals surface area contributed by atoms with Crippen LogP contribution in [0.3, 0.4) is 0 Å². The third kappa shape index (κ3) is 5.53. The van der Waals surface area contributed by atoms with Crippen molar-refractivity contribution in [2.75, 3.05) is 13.1 Å². The highest BCUT2D eigenvalue weighted by Crippen LogP contribution is 1.82. The van der Waals surface area contributed by atoms with Crippen molar-refractivity contribution in [3.05, 3.63) is 0 Å². The van der Waals surface area contributed by atoms with Gasteiger partial charge in [0.1, 0.15) is 0 Å². The van der Waals surface area contributed by atoms with Crippen LogP contribution in [0.4, 0.5) is 0 Å². The Kier molecular flexibility index (Phi) is 4.88. The molecule has 0 fully saturated rings. The second kappa shape index (κ2) is 5.20. The minimum Gasteiger partial charge on any atom is -0.370 e. The van der Waals surface area contributed by atoms with E-state index in [1.807, 2.05) is 6.92 Å². The molecule has 4 heteroatoms. The largest absolute Gasteiger partial charge is 0.370 e. The molecule has 0 saturated carbocycles. The molecule has 0 bridgehead atoms. The Labute approximate surface area is 61.0 Å². The van der Waals surface area contributed by atoms with Crippen LogP contribution < -0.4 is 16.8 Å². The highest BCUT2D eigenvalue weighted by atomic mass is 16.1. The van der Waals surface area contributed by atoms with E-state index in [1.54, 1.807) is 0 Å². The van der Waals surface area contributed by atoms with Gasteiger partial charge in [-0.15, -0.1) is 0 Å². The first-order valence-corrected chi connectivity index (χ1v) is 3.41. The molecule has 0 heterocycles. The Balaban J connectivity index is 3.25. The summed E-state index contributed by atoms with van der Waals surface area (Å²) in [5.41, 5.74) is 10.4. The molecule has 0 aromatic carbocycles. The highest BCUT2D eigenvalue weighted by molar-refractivity contribution is 5.74. The van der Waals surface area contributed by atoms with Gasteiger partial charge in [-0.3, -0.25) is 4.79 Å². The van der Waals surface area contributed by atoms with Gasteiger partial charge in [-0.1, -0.05) is 6.92 Å². The van der Waals surface area contributed by atoms with Crippen LogP contribution in [0, 0.1) is 0 Å². The third-order valence-corrected chi connectivity index (χ3v) is 1.12. The van der Waals surface area contributed by atoms with Gasteiger partial charge < -0.3 is 16.8 Å². The normalized spacial score (nSPS) is 13.0. The van der Waals surface area contributed by atoms with E-state index in [9.17, 15) is 4.79 Å². The first-order valence-electron chi connectivity index (χ1n) is 3.41. The van der Waals surface area contributed by atoms with Crippen LogP contribution in [-0.2, 0) is 4.79 Å². The molecule has 10 heavy (non-hydrogen) atoms. The van der Waals surface area contributed by atoms with Crippen molar-refractivity contribution in [2.24, 2.45) is 11.5 Å². The Hall–Kier alpha value is -0.610. The summed E-state index contributed by atoms with van der Waals surface area (Å²) < 4.78 is 0. The highest BCUT2D eigenvalue weighted by Gasteiger charge is 2.03. The molecule has 1 unspecified atom stereocenters. The fraction of sp³-hybridized carbons (Fsp3) is 0.833. The summed E-state index contributed by atoms with van der Waals surface area (Å²) in [5, 5.41) is 3.02. The third-order valence-electron chi connectivity index (χ3n) is 1.12. The van der Waals surface area contributed by atoms with Crippen molar-refractivity contribution in [2.45, 2.75) is 19.4 Å². The van der Waals surface area contributed by atoms with Gasteiger partial charge in [0.05, 0.1) is 0 Å². The molecule has 0 aliphatic rings. The van der Waals surface area contributed by atoms with Gasteiger partial charge in [-0.2, -0.15) is 0 Å². The van der Waals surface area contributed by atoms with E-state index in [0.717, 1.165) is 6.54 Å². The fourth-order valence-electron chi connectivity index (χ4n) is 0.660. The van der Waals surface area contributed by atoms with Crippen LogP contribution in [-0.4, -0.2) is 25.0 Å². The molecule has 0 saturated heterocycles. The van der Waals surface area contributed by atoms with Gasteiger partial charge in [-0.05, 0) is 6.54 Å². The number of primary amides is 1. The second-order valence-electron chi connectivity index (χ2n) is 2.24. The van der Waals surface area contributed by atoms with Gasteiger partial charge in [-0.25, -0.2) is 0 Å². The smallest absolute Gasteiger partial charge is 0.219 e. The Morgan fingerprint density at radius 1 is 1.70 bits per heavy atom. The maximum atomic E-state index is 10.3. The molecular formula is C6H15N3O. The molecule has 60 valence electrons. The lowest BCUT2D eigenvalue weighted by molar-refractivity contribution is -0.118. The minimum absolute atomic E-state index is 0.141. The maximum Gasteiger partial charge on any atom is 0.219 e. The average molecular weight is 145 g/mol. The number of carbonyl (C=O) groups is 1. The van der Waals surface area contributed by atoms with Crippen molar-refractivity contribution < 1.29 is 4.79 Å². The van der Waals surface area contributed by atoms with Crippen molar-refractivity contribution in [3.8, 4) is 0 Å². The molecule has 5 N–H and O–H groups in total. The quantitative estimate of drug-likeness (QED) is 0.454. The van der Waals surface area contributed by atoms with Crippen molar-refractivity contribution in [1.82, 2.24) is 5.32 Å². The minimum atomic E-state index is -0.342. The molecule has 0 rings (SSSR count). The van der Waals surface area contributed by atoms with Crippen LogP contribution in [0.1, 0.15) is 13.3 Å². The number of amides is 1. The Morgan fingerprint density at radius 3 is 2.70 bits per heavy atom. The molecule has 0 aromatic heterocycles. The van der Waals surface area contributed by atoms with Crippen molar-refractivity contribution >= 4 is 5.91 Å². The number of hydrogen-bond acceptors (Lipinski definition) is 3. The van der Waals surface area contributed by atoms with Crippen molar-refractivity contribution in [1.29, 1.82) is 0 Å². The lowest BCUT2D eigenvalue weighted by atomic mass is 10.2. The first kappa shape index (κ1) is 9.39. The van der Waals surface area contributed by atoms with E-state index >= 15 is 0 Å². The summed E-state index contributed by atoms with van der Waals surface area (Å²) in [6.07, 6.45) is 0.257. The number of rotatable bonds is 5. The fourth-order valence-corrected chi connectivity index (χ4v) is 0.660. The number of nitrogens with one attached hydrogen (secondary N) is 1. The standard InChI is InChI=1S/C6H15N3O/c1-2-9-4-5(7)3-6(8)10/h5,9H,2-4,7H2,1H3,(H2,8,10). The lowest BCUT2D eigenvalue weighted by Gasteiger charge is -2.08. The van der Waals surface area contributed by atoms with Crippen LogP contribution in [0.25, 0.3) is 0 Å². The molecule has 1 atom stereocenters. The number of likely N-dealkylation sites (N-methyl/N-ethyl adjacent to an activating group) is 1. The van der Waals surface area contributed by atoms with E-state index in [2.05, 4.69) is 5.32 Å². The Bertz CT molecular complexity index is 105. The van der Waals surface area contributed by atoms with Crippen LogP contribution in [0.2, 0.25) is 0 Å². The summed E-state index contributed by atoms with van der Waals surface area (Å²) in [7, 11) is 0. The molecule has 0 aliphatic carbocycles. The first-order chi connectivity index (χ1) is 4.66. The van der Waals surface area contributed by atoms with E-state index in [-0.39, 0.29) is 18.4 Å². The number of nitrogens with two attached hydrogens (primary N) is 2. The van der Waals surface area contributed by atoms with Crippen LogP contribution in [0.15, 0.2) is 0 Å². The maximum absolute atomic E-state index is 10.3. The lowest BCUT2D eigenvalue weighted by Crippen LogP contribution is -2.37. The average Bonchev–Trinajstić information content (AvgIpc) is 1.82.